The quantitative estimate of drug-likeness (QED) is 0.890. The summed E-state index contributed by atoms with van der Waals surface area (Å²) in [5.74, 6) is 0. The zero-order valence-corrected chi connectivity index (χ0v) is 12.3. The van der Waals surface area contributed by atoms with Gasteiger partial charge >= 0.3 is 0 Å². The predicted molar refractivity (Wildman–Crippen MR) is 80.5 cm³/mol. The lowest BCUT2D eigenvalue weighted by atomic mass is 9.77. The van der Waals surface area contributed by atoms with Crippen molar-refractivity contribution in [3.8, 4) is 0 Å². The zero-order valence-electron chi connectivity index (χ0n) is 10.7. The third-order valence-corrected chi connectivity index (χ3v) is 4.75. The zero-order chi connectivity index (χ0) is 13.2. The van der Waals surface area contributed by atoms with E-state index < -0.39 is 0 Å². The second-order valence-corrected chi connectivity index (χ2v) is 6.90. The number of halogens is 1. The lowest BCUT2D eigenvalue weighted by Gasteiger charge is -2.32. The van der Waals surface area contributed by atoms with Crippen LogP contribution in [0.4, 0.5) is 0 Å². The molecule has 1 aromatic carbocycles. The molecule has 18 heavy (non-hydrogen) atoms. The van der Waals surface area contributed by atoms with Crippen LogP contribution in [0.5, 0.6) is 0 Å². The van der Waals surface area contributed by atoms with Crippen molar-refractivity contribution in [2.75, 3.05) is 0 Å². The SMILES string of the molecule is CC(C)(c1ccccc1)C(N)Cc1ccc(Cl)s1. The number of hydrogen-bond donors (Lipinski definition) is 1. The van der Waals surface area contributed by atoms with Gasteiger partial charge in [0.2, 0.25) is 0 Å². The number of hydrogen-bond acceptors (Lipinski definition) is 2. The van der Waals surface area contributed by atoms with E-state index in [0.717, 1.165) is 10.8 Å². The lowest BCUT2D eigenvalue weighted by Crippen LogP contribution is -2.42. The molecule has 0 spiro atoms. The van der Waals surface area contributed by atoms with E-state index in [9.17, 15) is 0 Å². The van der Waals surface area contributed by atoms with Crippen molar-refractivity contribution >= 4 is 22.9 Å². The van der Waals surface area contributed by atoms with Gasteiger partial charge in [-0.25, -0.2) is 0 Å². The van der Waals surface area contributed by atoms with Crippen LogP contribution < -0.4 is 5.73 Å². The molecule has 96 valence electrons. The van der Waals surface area contributed by atoms with Crippen molar-refractivity contribution in [3.05, 3.63) is 57.2 Å². The van der Waals surface area contributed by atoms with E-state index in [0.29, 0.717) is 0 Å². The minimum Gasteiger partial charge on any atom is -0.327 e. The van der Waals surface area contributed by atoms with Gasteiger partial charge in [0.25, 0.3) is 0 Å². The van der Waals surface area contributed by atoms with E-state index in [4.69, 9.17) is 17.3 Å². The third-order valence-electron chi connectivity index (χ3n) is 3.49. The molecule has 1 heterocycles. The van der Waals surface area contributed by atoms with Gasteiger partial charge in [-0.3, -0.25) is 0 Å². The topological polar surface area (TPSA) is 26.0 Å². The predicted octanol–water partition coefficient (Wildman–Crippen LogP) is 4.25. The molecule has 1 atom stereocenters. The average Bonchev–Trinajstić information content (AvgIpc) is 2.76. The van der Waals surface area contributed by atoms with Gasteiger partial charge in [0, 0.05) is 16.3 Å². The normalized spacial score (nSPS) is 13.6. The largest absolute Gasteiger partial charge is 0.327 e. The molecule has 0 saturated carbocycles. The maximum absolute atomic E-state index is 6.39. The number of rotatable bonds is 4. The molecule has 1 aromatic heterocycles. The Balaban J connectivity index is 2.15. The molecule has 2 N–H and O–H groups in total. The molecule has 2 rings (SSSR count). The molecule has 0 saturated heterocycles. The fraction of sp³-hybridized carbons (Fsp3) is 0.333. The smallest absolute Gasteiger partial charge is 0.0931 e. The van der Waals surface area contributed by atoms with E-state index in [1.54, 1.807) is 11.3 Å². The van der Waals surface area contributed by atoms with Gasteiger partial charge in [0.05, 0.1) is 4.34 Å². The van der Waals surface area contributed by atoms with Crippen LogP contribution in [0.25, 0.3) is 0 Å². The van der Waals surface area contributed by atoms with Crippen LogP contribution >= 0.6 is 22.9 Å². The minimum absolute atomic E-state index is 0.0439. The molecule has 2 aromatic rings. The first-order chi connectivity index (χ1) is 8.50. The molecule has 3 heteroatoms. The summed E-state index contributed by atoms with van der Waals surface area (Å²) in [6, 6.07) is 14.5. The molecule has 0 fully saturated rings. The van der Waals surface area contributed by atoms with Gasteiger partial charge in [0.1, 0.15) is 0 Å². The summed E-state index contributed by atoms with van der Waals surface area (Å²) in [5, 5.41) is 0. The molecule has 0 radical (unpaired) electrons. The Bertz CT molecular complexity index is 504. The van der Waals surface area contributed by atoms with Crippen LogP contribution in [0.3, 0.4) is 0 Å². The van der Waals surface area contributed by atoms with Crippen molar-refractivity contribution in [3.63, 3.8) is 0 Å². The van der Waals surface area contributed by atoms with Crippen molar-refractivity contribution < 1.29 is 0 Å². The lowest BCUT2D eigenvalue weighted by molar-refractivity contribution is 0.408. The Morgan fingerprint density at radius 3 is 2.39 bits per heavy atom. The summed E-state index contributed by atoms with van der Waals surface area (Å²) in [4.78, 5) is 1.25. The molecule has 0 aliphatic heterocycles. The summed E-state index contributed by atoms with van der Waals surface area (Å²) < 4.78 is 0.828. The summed E-state index contributed by atoms with van der Waals surface area (Å²) in [6.45, 7) is 4.39. The van der Waals surface area contributed by atoms with E-state index in [1.165, 1.54) is 10.4 Å². The highest BCUT2D eigenvalue weighted by atomic mass is 35.5. The standard InChI is InChI=1S/C15H18ClNS/c1-15(2,11-6-4-3-5-7-11)13(17)10-12-8-9-14(16)18-12/h3-9,13H,10,17H2,1-2H3. The summed E-state index contributed by atoms with van der Waals surface area (Å²) >= 11 is 7.57. The fourth-order valence-electron chi connectivity index (χ4n) is 2.02. The molecule has 1 unspecified atom stereocenters. The van der Waals surface area contributed by atoms with Gasteiger partial charge < -0.3 is 5.73 Å². The molecule has 0 amide bonds. The Morgan fingerprint density at radius 1 is 1.17 bits per heavy atom. The highest BCUT2D eigenvalue weighted by molar-refractivity contribution is 7.16. The van der Waals surface area contributed by atoms with E-state index >= 15 is 0 Å². The molecular weight excluding hydrogens is 262 g/mol. The summed E-state index contributed by atoms with van der Waals surface area (Å²) in [7, 11) is 0. The highest BCUT2D eigenvalue weighted by Gasteiger charge is 2.28. The second-order valence-electron chi connectivity index (χ2n) is 5.10. The van der Waals surface area contributed by atoms with Gasteiger partial charge in [0.15, 0.2) is 0 Å². The average molecular weight is 280 g/mol. The van der Waals surface area contributed by atoms with E-state index in [-0.39, 0.29) is 11.5 Å². The number of benzene rings is 1. The van der Waals surface area contributed by atoms with Crippen LogP contribution in [-0.4, -0.2) is 6.04 Å². The van der Waals surface area contributed by atoms with Crippen LogP contribution in [0, 0.1) is 0 Å². The first-order valence-corrected chi connectivity index (χ1v) is 7.25. The van der Waals surface area contributed by atoms with Gasteiger partial charge in [-0.05, 0) is 24.1 Å². The fourth-order valence-corrected chi connectivity index (χ4v) is 3.16. The molecule has 0 aliphatic carbocycles. The molecule has 1 nitrogen and oxygen atoms in total. The van der Waals surface area contributed by atoms with Gasteiger partial charge in [-0.2, -0.15) is 0 Å². The molecule has 0 aliphatic rings. The number of nitrogens with two attached hydrogens (primary N) is 1. The van der Waals surface area contributed by atoms with Crippen LogP contribution in [0.15, 0.2) is 42.5 Å². The summed E-state index contributed by atoms with van der Waals surface area (Å²) in [5.41, 5.74) is 7.62. The van der Waals surface area contributed by atoms with Gasteiger partial charge in [-0.1, -0.05) is 55.8 Å². The second kappa shape index (κ2) is 5.43. The molecule has 0 bridgehead atoms. The van der Waals surface area contributed by atoms with Crippen molar-refractivity contribution in [1.82, 2.24) is 0 Å². The number of thiophene rings is 1. The van der Waals surface area contributed by atoms with Crippen LogP contribution in [0.1, 0.15) is 24.3 Å². The highest BCUT2D eigenvalue weighted by Crippen LogP contribution is 2.30. The van der Waals surface area contributed by atoms with Crippen LogP contribution in [-0.2, 0) is 11.8 Å². The Morgan fingerprint density at radius 2 is 1.83 bits per heavy atom. The maximum Gasteiger partial charge on any atom is 0.0931 e. The summed E-state index contributed by atoms with van der Waals surface area (Å²) in [6.07, 6.45) is 0.860. The van der Waals surface area contributed by atoms with Crippen molar-refractivity contribution in [1.29, 1.82) is 0 Å². The van der Waals surface area contributed by atoms with Crippen molar-refractivity contribution in [2.45, 2.75) is 31.7 Å². The first kappa shape index (κ1) is 13.6. The Kier molecular flexibility index (Phi) is 4.10. The first-order valence-electron chi connectivity index (χ1n) is 6.05. The molecular formula is C15H18ClNS. The Labute approximate surface area is 118 Å². The Hall–Kier alpha value is -0.830. The van der Waals surface area contributed by atoms with Crippen LogP contribution in [0.2, 0.25) is 4.34 Å². The maximum atomic E-state index is 6.39. The van der Waals surface area contributed by atoms with E-state index in [2.05, 4.69) is 44.2 Å². The van der Waals surface area contributed by atoms with Gasteiger partial charge in [-0.15, -0.1) is 11.3 Å². The minimum atomic E-state index is -0.0439. The monoisotopic (exact) mass is 279 g/mol. The van der Waals surface area contributed by atoms with Crippen molar-refractivity contribution in [2.24, 2.45) is 5.73 Å². The van der Waals surface area contributed by atoms with E-state index in [1.807, 2.05) is 12.1 Å². The third kappa shape index (κ3) is 2.94.